The molecule has 1 aliphatic carbocycles. The van der Waals surface area contributed by atoms with Crippen LogP contribution in [0, 0.1) is 18.3 Å². The van der Waals surface area contributed by atoms with Crippen LogP contribution < -0.4 is 9.47 Å². The monoisotopic (exact) mass is 455 g/mol. The molecule has 0 saturated heterocycles. The Hall–Kier alpha value is -1.18. The van der Waals surface area contributed by atoms with Crippen LogP contribution in [0.25, 0.3) is 0 Å². The van der Waals surface area contributed by atoms with E-state index in [9.17, 15) is 0 Å². The molecule has 0 amide bonds. The molecule has 0 heterocycles. The van der Waals surface area contributed by atoms with E-state index in [1.807, 2.05) is 0 Å². The van der Waals surface area contributed by atoms with Gasteiger partial charge in [0.2, 0.25) is 0 Å². The summed E-state index contributed by atoms with van der Waals surface area (Å²) in [6.45, 7) is 10.5. The van der Waals surface area contributed by atoms with Crippen molar-refractivity contribution in [1.82, 2.24) is 0 Å². The molecule has 0 spiro atoms. The Bertz CT molecular complexity index is 624. The van der Waals surface area contributed by atoms with Crippen molar-refractivity contribution in [2.24, 2.45) is 0 Å². The second kappa shape index (κ2) is 17.3. The number of benzene rings is 1. The van der Waals surface area contributed by atoms with Gasteiger partial charge in [-0.15, -0.1) is 0 Å². The van der Waals surface area contributed by atoms with Crippen LogP contribution in [0.5, 0.6) is 11.5 Å². The Morgan fingerprint density at radius 1 is 0.545 bits per heavy atom. The number of ether oxygens (including phenoxy) is 2. The van der Waals surface area contributed by atoms with Crippen LogP contribution in [0.1, 0.15) is 142 Å². The van der Waals surface area contributed by atoms with E-state index in [0.717, 1.165) is 37.6 Å². The number of unbranched alkanes of at least 4 members (excludes halogenated alkanes) is 14. The first kappa shape index (κ1) is 28.1. The van der Waals surface area contributed by atoms with E-state index in [-0.39, 0.29) is 0 Å². The molecular formula is C31H51O2. The maximum Gasteiger partial charge on any atom is 0.161 e. The summed E-state index contributed by atoms with van der Waals surface area (Å²) in [6.07, 6.45) is 23.4. The van der Waals surface area contributed by atoms with E-state index >= 15 is 0 Å². The van der Waals surface area contributed by atoms with Gasteiger partial charge in [0.1, 0.15) is 0 Å². The summed E-state index contributed by atoms with van der Waals surface area (Å²) in [5, 5.41) is 0. The van der Waals surface area contributed by atoms with E-state index in [0.29, 0.717) is 0 Å². The predicted octanol–water partition coefficient (Wildman–Crippen LogP) is 9.83. The van der Waals surface area contributed by atoms with Crippen molar-refractivity contribution in [2.45, 2.75) is 130 Å². The van der Waals surface area contributed by atoms with Gasteiger partial charge in [-0.25, -0.2) is 0 Å². The van der Waals surface area contributed by atoms with Gasteiger partial charge in [-0.1, -0.05) is 118 Å². The van der Waals surface area contributed by atoms with Crippen LogP contribution in [0.2, 0.25) is 0 Å². The zero-order valence-corrected chi connectivity index (χ0v) is 22.3. The van der Waals surface area contributed by atoms with Crippen LogP contribution >= 0.6 is 0 Å². The summed E-state index contributed by atoms with van der Waals surface area (Å²) >= 11 is 0. The Labute approximate surface area is 206 Å². The van der Waals surface area contributed by atoms with Gasteiger partial charge in [0.25, 0.3) is 0 Å². The molecule has 1 aromatic carbocycles. The number of hydrogen-bond donors (Lipinski definition) is 0. The van der Waals surface area contributed by atoms with Crippen LogP contribution in [-0.4, -0.2) is 13.2 Å². The fraction of sp³-hybridized carbons (Fsp3) is 0.710. The first-order valence-electron chi connectivity index (χ1n) is 14.1. The maximum absolute atomic E-state index is 6.26. The van der Waals surface area contributed by atoms with Gasteiger partial charge in [-0.3, -0.25) is 0 Å². The van der Waals surface area contributed by atoms with Gasteiger partial charge >= 0.3 is 0 Å². The fourth-order valence-electron chi connectivity index (χ4n) is 4.64. The van der Waals surface area contributed by atoms with Gasteiger partial charge in [0, 0.05) is 5.92 Å². The lowest BCUT2D eigenvalue weighted by Crippen LogP contribution is -2.04. The Morgan fingerprint density at radius 2 is 0.970 bits per heavy atom. The summed E-state index contributed by atoms with van der Waals surface area (Å²) < 4.78 is 12.5. The molecule has 1 aliphatic rings. The molecule has 0 fully saturated rings. The minimum Gasteiger partial charge on any atom is -0.490 e. The normalized spacial score (nSPS) is 14.1. The maximum atomic E-state index is 6.26. The average Bonchev–Trinajstić information content (AvgIpc) is 3.09. The highest BCUT2D eigenvalue weighted by Gasteiger charge is 2.29. The Morgan fingerprint density at radius 3 is 1.45 bits per heavy atom. The lowest BCUT2D eigenvalue weighted by Gasteiger charge is -2.16. The smallest absolute Gasteiger partial charge is 0.161 e. The topological polar surface area (TPSA) is 18.5 Å². The number of rotatable bonds is 20. The highest BCUT2D eigenvalue weighted by molar-refractivity contribution is 5.64. The molecule has 33 heavy (non-hydrogen) atoms. The zero-order valence-electron chi connectivity index (χ0n) is 22.3. The third kappa shape index (κ3) is 10.7. The predicted molar refractivity (Wildman–Crippen MR) is 143 cm³/mol. The van der Waals surface area contributed by atoms with Gasteiger partial charge in [-0.05, 0) is 48.4 Å². The molecule has 0 aliphatic heterocycles. The molecule has 0 bridgehead atoms. The summed E-state index contributed by atoms with van der Waals surface area (Å²) in [6, 6.07) is 4.41. The van der Waals surface area contributed by atoms with Gasteiger partial charge in [0.05, 0.1) is 13.2 Å². The van der Waals surface area contributed by atoms with E-state index in [1.54, 1.807) is 0 Å². The summed E-state index contributed by atoms with van der Waals surface area (Å²) in [5.41, 5.74) is 2.58. The molecule has 0 atom stereocenters. The molecule has 0 aromatic heterocycles. The van der Waals surface area contributed by atoms with Crippen molar-refractivity contribution in [3.63, 3.8) is 0 Å². The highest BCUT2D eigenvalue weighted by Crippen LogP contribution is 2.44. The van der Waals surface area contributed by atoms with Crippen molar-refractivity contribution >= 4 is 0 Å². The number of fused-ring (bicyclic) bond motifs is 1. The van der Waals surface area contributed by atoms with Crippen LogP contribution in [-0.2, 0) is 0 Å². The van der Waals surface area contributed by atoms with E-state index in [1.165, 1.54) is 113 Å². The van der Waals surface area contributed by atoms with Crippen molar-refractivity contribution in [2.75, 3.05) is 13.2 Å². The number of hydrogen-bond acceptors (Lipinski definition) is 2. The summed E-state index contributed by atoms with van der Waals surface area (Å²) in [7, 11) is 0. The molecule has 2 rings (SSSR count). The van der Waals surface area contributed by atoms with Crippen molar-refractivity contribution < 1.29 is 9.47 Å². The lowest BCUT2D eigenvalue weighted by molar-refractivity contribution is 0.258. The SMILES string of the molecule is CCCCCCCCCCOc1cc2c(cc1OCCCCCCCCCC)[C](C)[C](C)[CH]2. The first-order valence-corrected chi connectivity index (χ1v) is 14.1. The van der Waals surface area contributed by atoms with Crippen molar-refractivity contribution in [1.29, 1.82) is 0 Å². The van der Waals surface area contributed by atoms with E-state index in [4.69, 9.17) is 9.47 Å². The molecule has 0 N–H and O–H groups in total. The van der Waals surface area contributed by atoms with E-state index in [2.05, 4.69) is 46.2 Å². The average molecular weight is 456 g/mol. The zero-order chi connectivity index (χ0) is 23.7. The summed E-state index contributed by atoms with van der Waals surface area (Å²) in [5.74, 6) is 4.56. The lowest BCUT2D eigenvalue weighted by atomic mass is 9.96. The first-order chi connectivity index (χ1) is 16.2. The summed E-state index contributed by atoms with van der Waals surface area (Å²) in [4.78, 5) is 0. The largest absolute Gasteiger partial charge is 0.490 e. The second-order valence-electron chi connectivity index (χ2n) is 9.99. The van der Waals surface area contributed by atoms with Crippen LogP contribution in [0.3, 0.4) is 0 Å². The van der Waals surface area contributed by atoms with Crippen molar-refractivity contribution in [3.05, 3.63) is 41.5 Å². The molecule has 0 saturated carbocycles. The third-order valence-corrected chi connectivity index (χ3v) is 6.99. The molecule has 187 valence electrons. The quantitative estimate of drug-likeness (QED) is 0.182. The minimum absolute atomic E-state index is 0.785. The van der Waals surface area contributed by atoms with Gasteiger partial charge < -0.3 is 9.47 Å². The highest BCUT2D eigenvalue weighted by atomic mass is 16.5. The Kier molecular flexibility index (Phi) is 14.7. The minimum atomic E-state index is 0.785. The molecule has 2 nitrogen and oxygen atoms in total. The van der Waals surface area contributed by atoms with Crippen LogP contribution in [0.4, 0.5) is 0 Å². The molecule has 0 unspecified atom stereocenters. The molecule has 3 radical (unpaired) electrons. The van der Waals surface area contributed by atoms with Gasteiger partial charge in [-0.2, -0.15) is 0 Å². The Balaban J connectivity index is 1.75. The molecular weight excluding hydrogens is 404 g/mol. The second-order valence-corrected chi connectivity index (χ2v) is 9.99. The third-order valence-electron chi connectivity index (χ3n) is 6.99. The van der Waals surface area contributed by atoms with Crippen molar-refractivity contribution in [3.8, 4) is 11.5 Å². The fourth-order valence-corrected chi connectivity index (χ4v) is 4.64. The van der Waals surface area contributed by atoms with E-state index < -0.39 is 0 Å². The standard InChI is InChI=1S/C31H51O2/c1-5-7-9-11-13-15-17-19-21-32-30-24-28-23-26(3)27(4)29(28)25-31(30)33-22-20-18-16-14-12-10-8-6-2/h23-25H,5-22H2,1-4H3. The molecule has 1 aromatic rings. The molecule has 2 heteroatoms. The van der Waals surface area contributed by atoms with Gasteiger partial charge in [0.15, 0.2) is 11.5 Å². The van der Waals surface area contributed by atoms with Crippen LogP contribution in [0.15, 0.2) is 12.1 Å².